The van der Waals surface area contributed by atoms with Crippen molar-refractivity contribution in [1.29, 1.82) is 0 Å². The molecule has 4 nitrogen and oxygen atoms in total. The summed E-state index contributed by atoms with van der Waals surface area (Å²) in [5.41, 5.74) is 5.28. The van der Waals surface area contributed by atoms with Crippen LogP contribution in [0.3, 0.4) is 0 Å². The summed E-state index contributed by atoms with van der Waals surface area (Å²) in [6, 6.07) is 3.85. The summed E-state index contributed by atoms with van der Waals surface area (Å²) in [4.78, 5) is 14.3. The Morgan fingerprint density at radius 3 is 3.00 bits per heavy atom. The second-order valence-corrected chi connectivity index (χ2v) is 6.28. The van der Waals surface area contributed by atoms with Crippen LogP contribution in [0.1, 0.15) is 17.7 Å². The van der Waals surface area contributed by atoms with Gasteiger partial charge in [0.15, 0.2) is 0 Å². The summed E-state index contributed by atoms with van der Waals surface area (Å²) in [5, 5.41) is 0. The predicted molar refractivity (Wildman–Crippen MR) is 72.8 cm³/mol. The summed E-state index contributed by atoms with van der Waals surface area (Å²) in [5.74, 6) is -0.310. The lowest BCUT2D eigenvalue weighted by atomic mass is 10.2. The van der Waals surface area contributed by atoms with Crippen molar-refractivity contribution < 1.29 is 9.53 Å². The molecule has 0 spiro atoms. The first-order valence-electron chi connectivity index (χ1n) is 6.00. The van der Waals surface area contributed by atoms with Gasteiger partial charge in [-0.15, -0.1) is 11.3 Å². The van der Waals surface area contributed by atoms with Crippen molar-refractivity contribution in [3.63, 3.8) is 0 Å². The number of primary amides is 1. The molecule has 2 heterocycles. The van der Waals surface area contributed by atoms with E-state index in [0.717, 1.165) is 35.2 Å². The molecule has 6 heteroatoms. The number of amides is 1. The Morgan fingerprint density at radius 1 is 1.61 bits per heavy atom. The smallest absolute Gasteiger partial charge is 0.231 e. The lowest BCUT2D eigenvalue weighted by Crippen LogP contribution is -2.38. The van der Waals surface area contributed by atoms with Gasteiger partial charge in [0.1, 0.15) is 0 Å². The molecular formula is C12H17ClN2O2S. The van der Waals surface area contributed by atoms with Gasteiger partial charge in [-0.3, -0.25) is 9.69 Å². The molecule has 2 N–H and O–H groups in total. The lowest BCUT2D eigenvalue weighted by Gasteiger charge is -2.23. The van der Waals surface area contributed by atoms with Crippen LogP contribution in [-0.4, -0.2) is 36.6 Å². The SMILES string of the molecule is NC(=O)CN(Cc1ccc(Cl)s1)CC1CCCO1. The van der Waals surface area contributed by atoms with E-state index in [1.165, 1.54) is 11.3 Å². The van der Waals surface area contributed by atoms with Gasteiger partial charge in [0.25, 0.3) is 0 Å². The first-order chi connectivity index (χ1) is 8.63. The topological polar surface area (TPSA) is 55.6 Å². The van der Waals surface area contributed by atoms with Gasteiger partial charge in [-0.05, 0) is 25.0 Å². The van der Waals surface area contributed by atoms with Crippen molar-refractivity contribution in [2.24, 2.45) is 5.73 Å². The molecule has 0 saturated carbocycles. The molecule has 0 bridgehead atoms. The minimum absolute atomic E-state index is 0.222. The first kappa shape index (κ1) is 13.8. The average molecular weight is 289 g/mol. The van der Waals surface area contributed by atoms with Crippen molar-refractivity contribution in [3.05, 3.63) is 21.3 Å². The average Bonchev–Trinajstić information content (AvgIpc) is 2.89. The Balaban J connectivity index is 1.93. The third-order valence-electron chi connectivity index (χ3n) is 2.87. The first-order valence-corrected chi connectivity index (χ1v) is 7.19. The highest BCUT2D eigenvalue weighted by Crippen LogP contribution is 2.23. The monoisotopic (exact) mass is 288 g/mol. The molecule has 1 aromatic rings. The van der Waals surface area contributed by atoms with Gasteiger partial charge in [-0.2, -0.15) is 0 Å². The molecule has 1 amide bonds. The van der Waals surface area contributed by atoms with Gasteiger partial charge in [0.2, 0.25) is 5.91 Å². The molecule has 1 atom stereocenters. The fourth-order valence-corrected chi connectivity index (χ4v) is 3.27. The van der Waals surface area contributed by atoms with Crippen LogP contribution < -0.4 is 5.73 Å². The second kappa shape index (κ2) is 6.52. The summed E-state index contributed by atoms with van der Waals surface area (Å²) in [6.07, 6.45) is 2.38. The normalized spacial score (nSPS) is 19.6. The summed E-state index contributed by atoms with van der Waals surface area (Å²) >= 11 is 7.44. The van der Waals surface area contributed by atoms with Gasteiger partial charge in [-0.25, -0.2) is 0 Å². The Morgan fingerprint density at radius 2 is 2.44 bits per heavy atom. The van der Waals surface area contributed by atoms with E-state index in [-0.39, 0.29) is 18.6 Å². The van der Waals surface area contributed by atoms with Crippen LogP contribution in [0.4, 0.5) is 0 Å². The number of nitrogens with two attached hydrogens (primary N) is 1. The zero-order valence-electron chi connectivity index (χ0n) is 10.1. The number of ether oxygens (including phenoxy) is 1. The number of hydrogen-bond donors (Lipinski definition) is 1. The van der Waals surface area contributed by atoms with Crippen LogP contribution in [0, 0.1) is 0 Å². The molecular weight excluding hydrogens is 272 g/mol. The Kier molecular flexibility index (Phi) is 5.00. The van der Waals surface area contributed by atoms with Crippen LogP contribution in [0.15, 0.2) is 12.1 Å². The Labute approximate surface area is 116 Å². The number of hydrogen-bond acceptors (Lipinski definition) is 4. The minimum atomic E-state index is -0.310. The molecule has 2 rings (SSSR count). The van der Waals surface area contributed by atoms with Gasteiger partial charge in [-0.1, -0.05) is 11.6 Å². The molecule has 0 radical (unpaired) electrons. The maximum absolute atomic E-state index is 11.1. The molecule has 1 aliphatic rings. The largest absolute Gasteiger partial charge is 0.377 e. The van der Waals surface area contributed by atoms with Crippen LogP contribution in [0.2, 0.25) is 4.34 Å². The molecule has 1 aliphatic heterocycles. The van der Waals surface area contributed by atoms with Crippen LogP contribution in [0.5, 0.6) is 0 Å². The van der Waals surface area contributed by atoms with Gasteiger partial charge >= 0.3 is 0 Å². The summed E-state index contributed by atoms with van der Waals surface area (Å²) < 4.78 is 6.36. The second-order valence-electron chi connectivity index (χ2n) is 4.48. The van der Waals surface area contributed by atoms with Crippen molar-refractivity contribution in [1.82, 2.24) is 4.90 Å². The van der Waals surface area contributed by atoms with Gasteiger partial charge < -0.3 is 10.5 Å². The van der Waals surface area contributed by atoms with Crippen molar-refractivity contribution >= 4 is 28.8 Å². The van der Waals surface area contributed by atoms with Gasteiger partial charge in [0, 0.05) is 24.6 Å². The fraction of sp³-hybridized carbons (Fsp3) is 0.583. The van der Waals surface area contributed by atoms with Crippen LogP contribution in [0.25, 0.3) is 0 Å². The zero-order chi connectivity index (χ0) is 13.0. The Hall–Kier alpha value is -0.620. The van der Waals surface area contributed by atoms with E-state index >= 15 is 0 Å². The Bertz CT molecular complexity index is 405. The van der Waals surface area contributed by atoms with Crippen molar-refractivity contribution in [3.8, 4) is 0 Å². The third kappa shape index (κ3) is 4.24. The third-order valence-corrected chi connectivity index (χ3v) is 4.09. The van der Waals surface area contributed by atoms with E-state index < -0.39 is 0 Å². The molecule has 0 aromatic carbocycles. The number of halogens is 1. The summed E-state index contributed by atoms with van der Waals surface area (Å²) in [7, 11) is 0. The molecule has 1 aromatic heterocycles. The number of rotatable bonds is 6. The number of nitrogens with zero attached hydrogens (tertiary/aromatic N) is 1. The van der Waals surface area contributed by atoms with E-state index in [4.69, 9.17) is 22.1 Å². The maximum atomic E-state index is 11.1. The molecule has 1 fully saturated rings. The van der Waals surface area contributed by atoms with Crippen molar-refractivity contribution in [2.75, 3.05) is 19.7 Å². The summed E-state index contributed by atoms with van der Waals surface area (Å²) in [6.45, 7) is 2.52. The van der Waals surface area contributed by atoms with E-state index in [1.54, 1.807) is 0 Å². The number of thiophene rings is 1. The molecule has 100 valence electrons. The molecule has 1 unspecified atom stereocenters. The zero-order valence-corrected chi connectivity index (χ0v) is 11.7. The highest BCUT2D eigenvalue weighted by Gasteiger charge is 2.20. The molecule has 0 aliphatic carbocycles. The van der Waals surface area contributed by atoms with Gasteiger partial charge in [0.05, 0.1) is 17.0 Å². The molecule has 1 saturated heterocycles. The molecule has 18 heavy (non-hydrogen) atoms. The minimum Gasteiger partial charge on any atom is -0.377 e. The standard InChI is InChI=1S/C12H17ClN2O2S/c13-11-4-3-10(18-11)7-15(8-12(14)16)6-9-2-1-5-17-9/h3-4,9H,1-2,5-8H2,(H2,14,16). The lowest BCUT2D eigenvalue weighted by molar-refractivity contribution is -0.119. The van der Waals surface area contributed by atoms with Crippen LogP contribution in [-0.2, 0) is 16.1 Å². The van der Waals surface area contributed by atoms with Crippen molar-refractivity contribution in [2.45, 2.75) is 25.5 Å². The van der Waals surface area contributed by atoms with E-state index in [1.807, 2.05) is 17.0 Å². The number of carbonyl (C=O) groups is 1. The predicted octanol–water partition coefficient (Wildman–Crippen LogP) is 1.87. The quantitative estimate of drug-likeness (QED) is 0.869. The maximum Gasteiger partial charge on any atom is 0.231 e. The number of carbonyl (C=O) groups excluding carboxylic acids is 1. The fourth-order valence-electron chi connectivity index (χ4n) is 2.14. The van der Waals surface area contributed by atoms with E-state index in [2.05, 4.69) is 0 Å². The highest BCUT2D eigenvalue weighted by molar-refractivity contribution is 7.16. The van der Waals surface area contributed by atoms with E-state index in [0.29, 0.717) is 6.54 Å². The van der Waals surface area contributed by atoms with E-state index in [9.17, 15) is 4.79 Å². The van der Waals surface area contributed by atoms with Crippen LogP contribution >= 0.6 is 22.9 Å². The highest BCUT2D eigenvalue weighted by atomic mass is 35.5.